The first kappa shape index (κ1) is 20.3. The number of anilines is 1. The fourth-order valence-electron chi connectivity index (χ4n) is 1.92. The molecule has 0 fully saturated rings. The van der Waals surface area contributed by atoms with Crippen LogP contribution in [0.3, 0.4) is 0 Å². The van der Waals surface area contributed by atoms with E-state index in [1.165, 1.54) is 23.4 Å². The van der Waals surface area contributed by atoms with Gasteiger partial charge in [0.2, 0.25) is 0 Å². The van der Waals surface area contributed by atoms with E-state index in [0.29, 0.717) is 6.04 Å². The number of fused-ring (bicyclic) bond motifs is 1. The van der Waals surface area contributed by atoms with Gasteiger partial charge >= 0.3 is 29.6 Å². The topological polar surface area (TPSA) is 50.9 Å². The third-order valence-electron chi connectivity index (χ3n) is 2.64. The SMILES string of the molecule is CCCN[C@H]1CCc2nc(N)sc2C1.Cl.Cl.[NaH]. The Morgan fingerprint density at radius 3 is 2.82 bits per heavy atom. The molecule has 0 spiro atoms. The first-order chi connectivity index (χ1) is 6.79. The molecule has 0 radical (unpaired) electrons. The Bertz CT molecular complexity index is 322. The summed E-state index contributed by atoms with van der Waals surface area (Å²) in [5.74, 6) is 0. The van der Waals surface area contributed by atoms with Crippen LogP contribution in [0.4, 0.5) is 5.13 Å². The Balaban J connectivity index is 0. The number of nitrogen functional groups attached to an aromatic ring is 1. The van der Waals surface area contributed by atoms with Gasteiger partial charge in [-0.2, -0.15) is 0 Å². The molecule has 0 amide bonds. The fourth-order valence-corrected chi connectivity index (χ4v) is 2.88. The molecule has 96 valence electrons. The van der Waals surface area contributed by atoms with Crippen LogP contribution in [0.1, 0.15) is 30.3 Å². The molecule has 0 saturated carbocycles. The molecule has 3 nitrogen and oxygen atoms in total. The van der Waals surface area contributed by atoms with Gasteiger partial charge in [0.1, 0.15) is 0 Å². The number of rotatable bonds is 3. The number of hydrogen-bond donors (Lipinski definition) is 2. The number of nitrogens with one attached hydrogen (secondary N) is 1. The molecule has 0 saturated heterocycles. The van der Waals surface area contributed by atoms with Crippen LogP contribution in [0.25, 0.3) is 0 Å². The number of aromatic nitrogens is 1. The molecule has 1 atom stereocenters. The first-order valence-corrected chi connectivity index (χ1v) is 6.08. The normalized spacial score (nSPS) is 17.1. The van der Waals surface area contributed by atoms with Crippen LogP contribution >= 0.6 is 36.2 Å². The summed E-state index contributed by atoms with van der Waals surface area (Å²) < 4.78 is 0. The van der Waals surface area contributed by atoms with Crippen molar-refractivity contribution >= 4 is 70.8 Å². The summed E-state index contributed by atoms with van der Waals surface area (Å²) in [5, 5.41) is 4.29. The number of thiazole rings is 1. The fraction of sp³-hybridized carbons (Fsp3) is 0.700. The van der Waals surface area contributed by atoms with Crippen molar-refractivity contribution in [3.05, 3.63) is 10.6 Å². The Kier molecular flexibility index (Phi) is 11.7. The monoisotopic (exact) mass is 307 g/mol. The molecule has 1 aromatic rings. The van der Waals surface area contributed by atoms with E-state index >= 15 is 0 Å². The van der Waals surface area contributed by atoms with Crippen LogP contribution in [0.2, 0.25) is 0 Å². The molecule has 2 rings (SSSR count). The van der Waals surface area contributed by atoms with Crippen LogP contribution in [-0.4, -0.2) is 47.1 Å². The summed E-state index contributed by atoms with van der Waals surface area (Å²) in [4.78, 5) is 5.73. The van der Waals surface area contributed by atoms with Crippen LogP contribution in [0.5, 0.6) is 0 Å². The van der Waals surface area contributed by atoms with Crippen molar-refractivity contribution in [1.29, 1.82) is 0 Å². The van der Waals surface area contributed by atoms with Crippen molar-refractivity contribution in [1.82, 2.24) is 10.3 Å². The molecule has 1 aromatic heterocycles. The van der Waals surface area contributed by atoms with Gasteiger partial charge in [0.05, 0.1) is 5.69 Å². The molecule has 0 unspecified atom stereocenters. The van der Waals surface area contributed by atoms with E-state index in [9.17, 15) is 0 Å². The van der Waals surface area contributed by atoms with Gasteiger partial charge in [-0.1, -0.05) is 6.92 Å². The van der Waals surface area contributed by atoms with Gasteiger partial charge in [-0.05, 0) is 32.2 Å². The third-order valence-corrected chi connectivity index (χ3v) is 3.59. The number of nitrogens with two attached hydrogens (primary N) is 1. The van der Waals surface area contributed by atoms with Crippen molar-refractivity contribution < 1.29 is 0 Å². The molecule has 1 aliphatic rings. The van der Waals surface area contributed by atoms with Gasteiger partial charge in [-0.25, -0.2) is 4.98 Å². The van der Waals surface area contributed by atoms with Crippen LogP contribution in [-0.2, 0) is 12.8 Å². The zero-order valence-electron chi connectivity index (χ0n) is 9.36. The second-order valence-electron chi connectivity index (χ2n) is 3.82. The number of hydrogen-bond acceptors (Lipinski definition) is 4. The van der Waals surface area contributed by atoms with Gasteiger partial charge < -0.3 is 11.1 Å². The first-order valence-electron chi connectivity index (χ1n) is 5.27. The Labute approximate surface area is 141 Å². The summed E-state index contributed by atoms with van der Waals surface area (Å²) >= 11 is 1.65. The van der Waals surface area contributed by atoms with Crippen molar-refractivity contribution in [2.45, 2.75) is 38.6 Å². The molecule has 17 heavy (non-hydrogen) atoms. The molecule has 0 aromatic carbocycles. The Hall–Kier alpha value is 0.970. The van der Waals surface area contributed by atoms with Crippen molar-refractivity contribution in [2.24, 2.45) is 0 Å². The average Bonchev–Trinajstić information content (AvgIpc) is 2.54. The van der Waals surface area contributed by atoms with E-state index in [0.717, 1.165) is 24.5 Å². The summed E-state index contributed by atoms with van der Waals surface area (Å²) in [6.07, 6.45) is 4.61. The Morgan fingerprint density at radius 1 is 1.47 bits per heavy atom. The van der Waals surface area contributed by atoms with Crippen molar-refractivity contribution in [2.75, 3.05) is 12.3 Å². The van der Waals surface area contributed by atoms with Gasteiger partial charge in [0, 0.05) is 10.9 Å². The van der Waals surface area contributed by atoms with Gasteiger partial charge in [-0.15, -0.1) is 36.2 Å². The van der Waals surface area contributed by atoms with Crippen LogP contribution < -0.4 is 11.1 Å². The molecule has 7 heteroatoms. The summed E-state index contributed by atoms with van der Waals surface area (Å²) in [6, 6.07) is 0.641. The van der Waals surface area contributed by atoms with E-state index in [1.54, 1.807) is 11.3 Å². The van der Waals surface area contributed by atoms with E-state index in [1.807, 2.05) is 0 Å². The predicted molar refractivity (Wildman–Crippen MR) is 82.3 cm³/mol. The summed E-state index contributed by atoms with van der Waals surface area (Å²) in [6.45, 7) is 3.32. The molecular weight excluding hydrogens is 288 g/mol. The van der Waals surface area contributed by atoms with Gasteiger partial charge in [0.15, 0.2) is 5.13 Å². The van der Waals surface area contributed by atoms with E-state index < -0.39 is 0 Å². The minimum absolute atomic E-state index is 0. The zero-order valence-corrected chi connectivity index (χ0v) is 11.8. The number of nitrogens with zero attached hydrogens (tertiary/aromatic N) is 1. The zero-order chi connectivity index (χ0) is 9.97. The van der Waals surface area contributed by atoms with E-state index in [4.69, 9.17) is 5.73 Å². The van der Waals surface area contributed by atoms with Gasteiger partial charge in [0.25, 0.3) is 0 Å². The van der Waals surface area contributed by atoms with Crippen LogP contribution in [0, 0.1) is 0 Å². The molecule has 1 heterocycles. The molecule has 3 N–H and O–H groups in total. The predicted octanol–water partition coefficient (Wildman–Crippen LogP) is 1.78. The molecule has 1 aliphatic carbocycles. The Morgan fingerprint density at radius 2 is 2.18 bits per heavy atom. The minimum atomic E-state index is 0. The van der Waals surface area contributed by atoms with Gasteiger partial charge in [-0.3, -0.25) is 0 Å². The third kappa shape index (κ3) is 5.64. The standard InChI is InChI=1S/C10H17N3S.2ClH.Na.H/c1-2-5-12-7-3-4-8-9(6-7)14-10(11)13-8;;;;/h7,12H,2-6H2,1H3,(H2,11,13);2*1H;;/t7-;;;;/m0..../s1. The van der Waals surface area contributed by atoms with Crippen LogP contribution in [0.15, 0.2) is 0 Å². The van der Waals surface area contributed by atoms with Crippen molar-refractivity contribution in [3.63, 3.8) is 0 Å². The summed E-state index contributed by atoms with van der Waals surface area (Å²) in [5.41, 5.74) is 6.93. The molecular formula is C10H20Cl2N3NaS. The molecule has 0 bridgehead atoms. The summed E-state index contributed by atoms with van der Waals surface area (Å²) in [7, 11) is 0. The average molecular weight is 308 g/mol. The molecule has 0 aliphatic heterocycles. The quantitative estimate of drug-likeness (QED) is 0.837. The number of aryl methyl sites for hydroxylation is 1. The maximum absolute atomic E-state index is 5.69. The van der Waals surface area contributed by atoms with E-state index in [-0.39, 0.29) is 54.4 Å². The number of halogens is 2. The second-order valence-corrected chi connectivity index (χ2v) is 4.93. The second kappa shape index (κ2) is 9.84. The van der Waals surface area contributed by atoms with E-state index in [2.05, 4.69) is 17.2 Å². The van der Waals surface area contributed by atoms with Crippen molar-refractivity contribution in [3.8, 4) is 0 Å². The maximum atomic E-state index is 5.69.